The van der Waals surface area contributed by atoms with Crippen molar-refractivity contribution in [2.75, 3.05) is 27.3 Å². The molecule has 0 saturated heterocycles. The highest BCUT2D eigenvalue weighted by Crippen LogP contribution is 2.34. The molecule has 3 amide bonds. The number of aliphatic carboxylic acids is 1. The Balaban J connectivity index is 2.03. The Morgan fingerprint density at radius 2 is 1.94 bits per heavy atom. The topological polar surface area (TPSA) is 134 Å². The first-order chi connectivity index (χ1) is 16.7. The van der Waals surface area contributed by atoms with Crippen molar-refractivity contribution in [3.05, 3.63) is 48.0 Å². The van der Waals surface area contributed by atoms with Gasteiger partial charge in [0.2, 0.25) is 11.8 Å². The lowest BCUT2D eigenvalue weighted by molar-refractivity contribution is -0.138. The number of fused-ring (bicyclic) bond motifs is 4. The van der Waals surface area contributed by atoms with E-state index in [2.05, 4.69) is 10.6 Å². The van der Waals surface area contributed by atoms with E-state index >= 15 is 0 Å². The number of nitrogens with zero attached hydrogens (tertiary/aromatic N) is 1. The third-order valence-corrected chi connectivity index (χ3v) is 5.65. The zero-order valence-corrected chi connectivity index (χ0v) is 19.9. The minimum Gasteiger partial charge on any atom is -0.497 e. The van der Waals surface area contributed by atoms with Crippen LogP contribution < -0.4 is 20.1 Å². The summed E-state index contributed by atoms with van der Waals surface area (Å²) >= 11 is 0. The number of ether oxygens (including phenoxy) is 2. The summed E-state index contributed by atoms with van der Waals surface area (Å²) in [5.74, 6) is -1.46. The standard InChI is InChI=1S/C25H29N3O7/c1-15-14-35-21-9-7-18(34-3)12-19(21)16-5-4-6-17(11-16)25(33)28(2)20(8-10-22(29)27-15)24(32)26-13-23(30)31/h4-7,9,11-12,15,20H,8,10,13-14H2,1-3H3,(H,26,32)(H,27,29)(H,30,31)/t15-,20+/m1/s1. The van der Waals surface area contributed by atoms with Gasteiger partial charge >= 0.3 is 5.97 Å². The second-order valence-corrected chi connectivity index (χ2v) is 8.30. The fourth-order valence-corrected chi connectivity index (χ4v) is 3.80. The molecule has 2 atom stereocenters. The molecule has 0 spiro atoms. The molecule has 35 heavy (non-hydrogen) atoms. The molecule has 3 rings (SSSR count). The number of hydrogen-bond acceptors (Lipinski definition) is 6. The maximum atomic E-state index is 13.3. The number of benzene rings is 2. The Bertz CT molecular complexity index is 1120. The molecule has 10 heteroatoms. The van der Waals surface area contributed by atoms with Gasteiger partial charge in [0.15, 0.2) is 0 Å². The van der Waals surface area contributed by atoms with Crippen LogP contribution in [0.2, 0.25) is 0 Å². The van der Waals surface area contributed by atoms with Gasteiger partial charge < -0.3 is 30.1 Å². The van der Waals surface area contributed by atoms with Crippen LogP contribution in [0.15, 0.2) is 42.5 Å². The molecule has 0 saturated carbocycles. The summed E-state index contributed by atoms with van der Waals surface area (Å²) < 4.78 is 11.4. The van der Waals surface area contributed by atoms with Crippen LogP contribution in [0.1, 0.15) is 30.1 Å². The first-order valence-corrected chi connectivity index (χ1v) is 11.2. The van der Waals surface area contributed by atoms with Gasteiger partial charge in [-0.3, -0.25) is 19.2 Å². The van der Waals surface area contributed by atoms with E-state index in [0.717, 1.165) is 0 Å². The van der Waals surface area contributed by atoms with Gasteiger partial charge in [-0.1, -0.05) is 12.1 Å². The summed E-state index contributed by atoms with van der Waals surface area (Å²) in [6.45, 7) is 1.41. The van der Waals surface area contributed by atoms with Crippen LogP contribution in [0.3, 0.4) is 0 Å². The highest BCUT2D eigenvalue weighted by atomic mass is 16.5. The van der Waals surface area contributed by atoms with Crippen LogP contribution in [0, 0.1) is 0 Å². The molecule has 0 radical (unpaired) electrons. The van der Waals surface area contributed by atoms with Gasteiger partial charge in [0.1, 0.15) is 30.7 Å². The summed E-state index contributed by atoms with van der Waals surface area (Å²) in [6, 6.07) is 10.8. The average molecular weight is 484 g/mol. The number of amides is 3. The van der Waals surface area contributed by atoms with E-state index in [9.17, 15) is 19.2 Å². The van der Waals surface area contributed by atoms with E-state index in [1.54, 1.807) is 50.4 Å². The molecule has 0 aromatic heterocycles. The molecule has 2 bridgehead atoms. The average Bonchev–Trinajstić information content (AvgIpc) is 2.85. The number of methoxy groups -OCH3 is 1. The van der Waals surface area contributed by atoms with Crippen LogP contribution in [0.25, 0.3) is 11.1 Å². The Morgan fingerprint density at radius 3 is 2.66 bits per heavy atom. The zero-order valence-electron chi connectivity index (χ0n) is 19.9. The third kappa shape index (κ3) is 6.50. The molecule has 3 N–H and O–H groups in total. The summed E-state index contributed by atoms with van der Waals surface area (Å²) in [6.07, 6.45) is -0.0227. The number of likely N-dealkylation sites (N-methyl/N-ethyl adjacent to an activating group) is 1. The molecular formula is C25H29N3O7. The van der Waals surface area contributed by atoms with Gasteiger partial charge in [0.05, 0.1) is 13.2 Å². The first-order valence-electron chi connectivity index (χ1n) is 11.2. The molecule has 1 aliphatic rings. The number of carbonyl (C=O) groups is 4. The van der Waals surface area contributed by atoms with Crippen molar-refractivity contribution in [2.45, 2.75) is 31.8 Å². The highest BCUT2D eigenvalue weighted by molar-refractivity contribution is 5.99. The maximum absolute atomic E-state index is 13.3. The third-order valence-electron chi connectivity index (χ3n) is 5.65. The Morgan fingerprint density at radius 1 is 1.20 bits per heavy atom. The van der Waals surface area contributed by atoms with Gasteiger partial charge in [0, 0.05) is 24.6 Å². The minimum atomic E-state index is -1.21. The number of nitrogens with one attached hydrogen (secondary N) is 2. The predicted octanol–water partition coefficient (Wildman–Crippen LogP) is 1.68. The van der Waals surface area contributed by atoms with E-state index < -0.39 is 30.4 Å². The van der Waals surface area contributed by atoms with Crippen molar-refractivity contribution in [3.8, 4) is 22.6 Å². The molecule has 1 aliphatic heterocycles. The zero-order chi connectivity index (χ0) is 25.5. The van der Waals surface area contributed by atoms with E-state index in [4.69, 9.17) is 14.6 Å². The second-order valence-electron chi connectivity index (χ2n) is 8.30. The van der Waals surface area contributed by atoms with E-state index in [1.165, 1.54) is 11.9 Å². The lowest BCUT2D eigenvalue weighted by Gasteiger charge is -2.27. The van der Waals surface area contributed by atoms with Gasteiger partial charge in [-0.25, -0.2) is 0 Å². The van der Waals surface area contributed by atoms with Crippen LogP contribution >= 0.6 is 0 Å². The monoisotopic (exact) mass is 483 g/mol. The number of rotatable bonds is 4. The van der Waals surface area contributed by atoms with Crippen molar-refractivity contribution in [2.24, 2.45) is 0 Å². The number of carboxylic acids is 1. The van der Waals surface area contributed by atoms with Crippen molar-refractivity contribution >= 4 is 23.7 Å². The number of carbonyl (C=O) groups excluding carboxylic acids is 3. The molecule has 0 fully saturated rings. The van der Waals surface area contributed by atoms with Crippen LogP contribution in [0.5, 0.6) is 11.5 Å². The first kappa shape index (κ1) is 25.5. The lowest BCUT2D eigenvalue weighted by Crippen LogP contribution is -2.49. The Hall–Kier alpha value is -4.08. The summed E-state index contributed by atoms with van der Waals surface area (Å²) in [5.41, 5.74) is 1.73. The van der Waals surface area contributed by atoms with Gasteiger partial charge in [-0.2, -0.15) is 0 Å². The van der Waals surface area contributed by atoms with Gasteiger partial charge in [0.25, 0.3) is 5.91 Å². The van der Waals surface area contributed by atoms with Crippen LogP contribution in [-0.4, -0.2) is 73.1 Å². The van der Waals surface area contributed by atoms with E-state index in [1.807, 2.05) is 6.07 Å². The molecule has 1 heterocycles. The van der Waals surface area contributed by atoms with Crippen molar-refractivity contribution in [1.29, 1.82) is 0 Å². The number of hydrogen-bond donors (Lipinski definition) is 3. The fourth-order valence-electron chi connectivity index (χ4n) is 3.80. The molecule has 0 aliphatic carbocycles. The second kappa shape index (κ2) is 11.4. The van der Waals surface area contributed by atoms with Crippen LogP contribution in [0.4, 0.5) is 0 Å². The van der Waals surface area contributed by atoms with Crippen molar-refractivity contribution in [1.82, 2.24) is 15.5 Å². The molecule has 0 unspecified atom stereocenters. The molecule has 10 nitrogen and oxygen atoms in total. The van der Waals surface area contributed by atoms with E-state index in [-0.39, 0.29) is 31.4 Å². The lowest BCUT2D eigenvalue weighted by atomic mass is 10.0. The van der Waals surface area contributed by atoms with Crippen LogP contribution in [-0.2, 0) is 14.4 Å². The normalized spacial score (nSPS) is 18.8. The summed E-state index contributed by atoms with van der Waals surface area (Å²) in [4.78, 5) is 50.8. The highest BCUT2D eigenvalue weighted by Gasteiger charge is 2.29. The molecule has 186 valence electrons. The predicted molar refractivity (Wildman–Crippen MR) is 127 cm³/mol. The quantitative estimate of drug-likeness (QED) is 0.602. The number of carboxylic acid groups (broad SMARTS) is 1. The molecular weight excluding hydrogens is 454 g/mol. The minimum absolute atomic E-state index is 0.0181. The Labute approximate surface area is 203 Å². The van der Waals surface area contributed by atoms with Gasteiger partial charge in [-0.15, -0.1) is 0 Å². The largest absolute Gasteiger partial charge is 0.497 e. The van der Waals surface area contributed by atoms with Crippen molar-refractivity contribution < 1.29 is 33.8 Å². The fraction of sp³-hybridized carbons (Fsp3) is 0.360. The SMILES string of the molecule is COc1ccc2c(c1)-c1cccc(c1)C(=O)N(C)[C@H](C(=O)NCC(=O)O)CCC(=O)N[C@H](C)CO2. The smallest absolute Gasteiger partial charge is 0.322 e. The van der Waals surface area contributed by atoms with Gasteiger partial charge in [-0.05, 0) is 49.2 Å². The molecule has 2 aromatic carbocycles. The van der Waals surface area contributed by atoms with Crippen molar-refractivity contribution in [3.63, 3.8) is 0 Å². The van der Waals surface area contributed by atoms with E-state index in [0.29, 0.717) is 28.2 Å². The Kier molecular flexibility index (Phi) is 8.30. The summed E-state index contributed by atoms with van der Waals surface area (Å²) in [7, 11) is 3.01. The maximum Gasteiger partial charge on any atom is 0.322 e. The summed E-state index contributed by atoms with van der Waals surface area (Å²) in [5, 5.41) is 14.0. The molecule has 2 aromatic rings.